The van der Waals surface area contributed by atoms with Crippen molar-refractivity contribution in [3.8, 4) is 0 Å². The van der Waals surface area contributed by atoms with E-state index in [1.807, 2.05) is 4.90 Å². The Labute approximate surface area is 124 Å². The van der Waals surface area contributed by atoms with Gasteiger partial charge in [0.2, 0.25) is 5.91 Å². The van der Waals surface area contributed by atoms with E-state index < -0.39 is 0 Å². The zero-order valence-electron chi connectivity index (χ0n) is 13.6. The first-order chi connectivity index (χ1) is 9.52. The summed E-state index contributed by atoms with van der Waals surface area (Å²) in [5, 5.41) is 0. The van der Waals surface area contributed by atoms with Crippen LogP contribution in [-0.4, -0.2) is 55.5 Å². The highest BCUT2D eigenvalue weighted by molar-refractivity contribution is 5.76. The standard InChI is InChI=1S/C16H33N3O/c1-4-19(13-5-12-18(2)3)16(20)11-8-14-6-9-15(17)10-7-14/h14-15H,4-13,17H2,1-3H3. The Bertz CT molecular complexity index is 273. The predicted octanol–water partition coefficient (Wildman–Crippen LogP) is 2.08. The molecule has 1 rings (SSSR count). The first-order valence-electron chi connectivity index (χ1n) is 8.21. The molecule has 4 heteroatoms. The largest absolute Gasteiger partial charge is 0.343 e. The molecular weight excluding hydrogens is 250 g/mol. The lowest BCUT2D eigenvalue weighted by Gasteiger charge is -2.27. The maximum atomic E-state index is 12.2. The summed E-state index contributed by atoms with van der Waals surface area (Å²) in [6.07, 6.45) is 7.52. The number of hydrogen-bond acceptors (Lipinski definition) is 3. The molecule has 1 saturated carbocycles. The topological polar surface area (TPSA) is 49.6 Å². The first-order valence-corrected chi connectivity index (χ1v) is 8.21. The molecule has 0 atom stereocenters. The maximum Gasteiger partial charge on any atom is 0.222 e. The van der Waals surface area contributed by atoms with Gasteiger partial charge in [0.25, 0.3) is 0 Å². The zero-order chi connectivity index (χ0) is 15.0. The molecule has 0 radical (unpaired) electrons. The molecule has 0 aromatic heterocycles. The average molecular weight is 283 g/mol. The third-order valence-electron chi connectivity index (χ3n) is 4.43. The molecule has 0 aromatic rings. The van der Waals surface area contributed by atoms with E-state index in [-0.39, 0.29) is 0 Å². The maximum absolute atomic E-state index is 12.2. The van der Waals surface area contributed by atoms with Gasteiger partial charge in [0.1, 0.15) is 0 Å². The van der Waals surface area contributed by atoms with Crippen LogP contribution in [-0.2, 0) is 4.79 Å². The summed E-state index contributed by atoms with van der Waals surface area (Å²) >= 11 is 0. The number of amides is 1. The Kier molecular flexibility index (Phi) is 8.15. The Hall–Kier alpha value is -0.610. The van der Waals surface area contributed by atoms with E-state index in [0.29, 0.717) is 11.9 Å². The van der Waals surface area contributed by atoms with Crippen LogP contribution < -0.4 is 5.73 Å². The van der Waals surface area contributed by atoms with Crippen molar-refractivity contribution < 1.29 is 4.79 Å². The van der Waals surface area contributed by atoms with Crippen LogP contribution >= 0.6 is 0 Å². The van der Waals surface area contributed by atoms with Gasteiger partial charge in [0.15, 0.2) is 0 Å². The highest BCUT2D eigenvalue weighted by atomic mass is 16.2. The lowest BCUT2D eigenvalue weighted by Crippen LogP contribution is -2.33. The van der Waals surface area contributed by atoms with Gasteiger partial charge in [0.05, 0.1) is 0 Å². The predicted molar refractivity (Wildman–Crippen MR) is 84.6 cm³/mol. The van der Waals surface area contributed by atoms with Gasteiger partial charge >= 0.3 is 0 Å². The van der Waals surface area contributed by atoms with Crippen molar-refractivity contribution in [3.63, 3.8) is 0 Å². The molecule has 2 N–H and O–H groups in total. The third-order valence-corrected chi connectivity index (χ3v) is 4.43. The molecule has 0 bridgehead atoms. The van der Waals surface area contributed by atoms with Gasteiger partial charge in [-0.05, 0) is 72.0 Å². The van der Waals surface area contributed by atoms with E-state index in [1.165, 1.54) is 12.8 Å². The molecule has 4 nitrogen and oxygen atoms in total. The molecule has 1 aliphatic carbocycles. The number of carbonyl (C=O) groups excluding carboxylic acids is 1. The van der Waals surface area contributed by atoms with Crippen molar-refractivity contribution in [1.29, 1.82) is 0 Å². The van der Waals surface area contributed by atoms with Crippen molar-refractivity contribution in [2.24, 2.45) is 11.7 Å². The first kappa shape index (κ1) is 17.4. The molecule has 1 aliphatic rings. The Morgan fingerprint density at radius 3 is 2.35 bits per heavy atom. The summed E-state index contributed by atoms with van der Waals surface area (Å²) in [7, 11) is 4.15. The minimum absolute atomic E-state index is 0.334. The molecule has 118 valence electrons. The molecular formula is C16H33N3O. The summed E-state index contributed by atoms with van der Waals surface area (Å²) in [5.41, 5.74) is 5.92. The Morgan fingerprint density at radius 1 is 1.15 bits per heavy atom. The van der Waals surface area contributed by atoms with Crippen molar-refractivity contribution in [3.05, 3.63) is 0 Å². The third kappa shape index (κ3) is 6.71. The molecule has 0 heterocycles. The number of carbonyl (C=O) groups is 1. The number of rotatable bonds is 8. The molecule has 0 unspecified atom stereocenters. The van der Waals surface area contributed by atoms with Gasteiger partial charge in [0, 0.05) is 25.6 Å². The highest BCUT2D eigenvalue weighted by Crippen LogP contribution is 2.27. The smallest absolute Gasteiger partial charge is 0.222 e. The monoisotopic (exact) mass is 283 g/mol. The molecule has 20 heavy (non-hydrogen) atoms. The second-order valence-corrected chi connectivity index (χ2v) is 6.45. The molecule has 0 spiro atoms. The molecule has 0 saturated heterocycles. The van der Waals surface area contributed by atoms with E-state index in [1.54, 1.807) is 0 Å². The summed E-state index contributed by atoms with van der Waals surface area (Å²) in [5.74, 6) is 1.06. The normalized spacial score (nSPS) is 23.1. The van der Waals surface area contributed by atoms with Gasteiger partial charge in [-0.1, -0.05) is 0 Å². The van der Waals surface area contributed by atoms with Gasteiger partial charge < -0.3 is 15.5 Å². The average Bonchev–Trinajstić information content (AvgIpc) is 2.42. The fraction of sp³-hybridized carbons (Fsp3) is 0.938. The van der Waals surface area contributed by atoms with Crippen LogP contribution in [0.25, 0.3) is 0 Å². The van der Waals surface area contributed by atoms with Crippen molar-refractivity contribution in [2.75, 3.05) is 33.7 Å². The number of nitrogens with zero attached hydrogens (tertiary/aromatic N) is 2. The number of hydrogen-bond donors (Lipinski definition) is 1. The van der Waals surface area contributed by atoms with Crippen LogP contribution in [0.4, 0.5) is 0 Å². The van der Waals surface area contributed by atoms with Crippen LogP contribution in [0.3, 0.4) is 0 Å². The molecule has 0 aromatic carbocycles. The fourth-order valence-corrected chi connectivity index (χ4v) is 3.00. The van der Waals surface area contributed by atoms with E-state index in [2.05, 4.69) is 25.9 Å². The minimum atomic E-state index is 0.334. The van der Waals surface area contributed by atoms with E-state index >= 15 is 0 Å². The minimum Gasteiger partial charge on any atom is -0.343 e. The van der Waals surface area contributed by atoms with Crippen LogP contribution in [0.5, 0.6) is 0 Å². The van der Waals surface area contributed by atoms with E-state index in [9.17, 15) is 4.79 Å². The van der Waals surface area contributed by atoms with Gasteiger partial charge in [-0.25, -0.2) is 0 Å². The van der Waals surface area contributed by atoms with Crippen LogP contribution in [0.1, 0.15) is 51.9 Å². The molecule has 1 fully saturated rings. The zero-order valence-corrected chi connectivity index (χ0v) is 13.6. The lowest BCUT2D eigenvalue weighted by molar-refractivity contribution is -0.131. The van der Waals surface area contributed by atoms with E-state index in [0.717, 1.165) is 57.7 Å². The summed E-state index contributed by atoms with van der Waals surface area (Å²) in [6.45, 7) is 4.85. The molecule has 1 amide bonds. The molecule has 0 aliphatic heterocycles. The quantitative estimate of drug-likeness (QED) is 0.742. The second-order valence-electron chi connectivity index (χ2n) is 6.45. The van der Waals surface area contributed by atoms with E-state index in [4.69, 9.17) is 5.73 Å². The highest BCUT2D eigenvalue weighted by Gasteiger charge is 2.20. The fourth-order valence-electron chi connectivity index (χ4n) is 3.00. The van der Waals surface area contributed by atoms with Crippen molar-refractivity contribution in [1.82, 2.24) is 9.80 Å². The number of nitrogens with two attached hydrogens (primary N) is 1. The van der Waals surface area contributed by atoms with Gasteiger partial charge in [-0.3, -0.25) is 4.79 Å². The summed E-state index contributed by atoms with van der Waals surface area (Å²) in [6, 6.07) is 0.403. The summed E-state index contributed by atoms with van der Waals surface area (Å²) < 4.78 is 0. The van der Waals surface area contributed by atoms with Gasteiger partial charge in [-0.15, -0.1) is 0 Å². The van der Waals surface area contributed by atoms with Crippen LogP contribution in [0, 0.1) is 5.92 Å². The van der Waals surface area contributed by atoms with Crippen molar-refractivity contribution >= 4 is 5.91 Å². The van der Waals surface area contributed by atoms with Crippen molar-refractivity contribution in [2.45, 2.75) is 57.9 Å². The summed E-state index contributed by atoms with van der Waals surface area (Å²) in [4.78, 5) is 16.4. The SMILES string of the molecule is CCN(CCCN(C)C)C(=O)CCC1CCC(N)CC1. The Morgan fingerprint density at radius 2 is 1.80 bits per heavy atom. The second kappa shape index (κ2) is 9.35. The Balaban J connectivity index is 2.21. The van der Waals surface area contributed by atoms with Gasteiger partial charge in [-0.2, -0.15) is 0 Å². The van der Waals surface area contributed by atoms with Crippen LogP contribution in [0.2, 0.25) is 0 Å². The van der Waals surface area contributed by atoms with Crippen LogP contribution in [0.15, 0.2) is 0 Å². The lowest BCUT2D eigenvalue weighted by atomic mass is 9.84.